The highest BCUT2D eigenvalue weighted by atomic mass is 32.2. The fraction of sp³-hybridized carbons (Fsp3) is 0.395. The van der Waals surface area contributed by atoms with Gasteiger partial charge >= 0.3 is 6.09 Å². The number of halogens is 1. The number of fused-ring (bicyclic) bond motifs is 5. The second-order valence-electron chi connectivity index (χ2n) is 13.7. The minimum atomic E-state index is -0.583. The average Bonchev–Trinajstić information content (AvgIpc) is 3.74. The second-order valence-corrected chi connectivity index (χ2v) is 14.5. The number of aryl methyl sites for hydroxylation is 2. The van der Waals surface area contributed by atoms with Crippen LogP contribution in [0.25, 0.3) is 43.7 Å². The predicted molar refractivity (Wildman–Crippen MR) is 187 cm³/mol. The van der Waals surface area contributed by atoms with Crippen LogP contribution in [0.5, 0.6) is 5.75 Å². The van der Waals surface area contributed by atoms with E-state index >= 15 is 4.39 Å². The molecule has 3 aromatic carbocycles. The third kappa shape index (κ3) is 5.33. The van der Waals surface area contributed by atoms with Gasteiger partial charge in [-0.1, -0.05) is 24.3 Å². The SMILES string of the molecule is COCOc1cc(-c2c(CCC#N)cc3c(nc(SC)c4cc(C)n([C@H]5[C@@H]6C[C@H]5N(C(=O)OC(C)(C)C)C6)c43)c2F)c2ccccc2c1. The van der Waals surface area contributed by atoms with Gasteiger partial charge in [-0.3, -0.25) is 0 Å². The third-order valence-electron chi connectivity index (χ3n) is 9.58. The zero-order valence-corrected chi connectivity index (χ0v) is 28.9. The fourth-order valence-corrected chi connectivity index (χ4v) is 8.21. The number of hydrogen-bond acceptors (Lipinski definition) is 7. The summed E-state index contributed by atoms with van der Waals surface area (Å²) in [5, 5.41) is 13.8. The molecular formula is C38H39FN4O4S. The molecule has 48 heavy (non-hydrogen) atoms. The molecule has 1 aliphatic carbocycles. The number of carbonyl (C=O) groups excluding carboxylic acids is 1. The van der Waals surface area contributed by atoms with E-state index in [0.717, 1.165) is 44.4 Å². The van der Waals surface area contributed by atoms with Gasteiger partial charge in [0.1, 0.15) is 21.9 Å². The molecule has 3 fully saturated rings. The van der Waals surface area contributed by atoms with Crippen LogP contribution in [0.2, 0.25) is 0 Å². The van der Waals surface area contributed by atoms with Crippen molar-refractivity contribution in [3.8, 4) is 22.9 Å². The number of nitriles is 1. The van der Waals surface area contributed by atoms with Crippen LogP contribution in [-0.4, -0.2) is 58.9 Å². The van der Waals surface area contributed by atoms with Crippen molar-refractivity contribution in [2.45, 2.75) is 69.7 Å². The van der Waals surface area contributed by atoms with Crippen LogP contribution in [0, 0.1) is 30.0 Å². The number of benzene rings is 3. The molecule has 8 rings (SSSR count). The van der Waals surface area contributed by atoms with E-state index in [0.29, 0.717) is 35.2 Å². The van der Waals surface area contributed by atoms with Crippen molar-refractivity contribution >= 4 is 50.4 Å². The molecule has 0 unspecified atom stereocenters. The second kappa shape index (κ2) is 12.3. The van der Waals surface area contributed by atoms with E-state index in [2.05, 4.69) is 23.6 Å². The van der Waals surface area contributed by atoms with Gasteiger partial charge in [0.2, 0.25) is 0 Å². The Morgan fingerprint density at radius 1 is 1.15 bits per heavy atom. The summed E-state index contributed by atoms with van der Waals surface area (Å²) in [4.78, 5) is 20.0. The van der Waals surface area contributed by atoms with E-state index in [1.54, 1.807) is 7.11 Å². The first-order chi connectivity index (χ1) is 23.0. The van der Waals surface area contributed by atoms with E-state index in [1.807, 2.05) is 74.4 Å². The van der Waals surface area contributed by atoms with Crippen LogP contribution < -0.4 is 4.74 Å². The van der Waals surface area contributed by atoms with E-state index < -0.39 is 11.4 Å². The molecule has 2 aromatic heterocycles. The lowest BCUT2D eigenvalue weighted by molar-refractivity contribution is 0.0210. The van der Waals surface area contributed by atoms with Crippen molar-refractivity contribution in [1.82, 2.24) is 14.5 Å². The molecule has 3 atom stereocenters. The number of aromatic nitrogens is 2. The summed E-state index contributed by atoms with van der Waals surface area (Å²) in [7, 11) is 1.56. The van der Waals surface area contributed by atoms with Crippen molar-refractivity contribution in [3.63, 3.8) is 0 Å². The zero-order chi connectivity index (χ0) is 33.9. The first kappa shape index (κ1) is 32.2. The topological polar surface area (TPSA) is 89.6 Å². The minimum absolute atomic E-state index is 0.0107. The molecule has 5 aromatic rings. The lowest BCUT2D eigenvalue weighted by Gasteiger charge is -2.39. The standard InChI is InChI=1S/C38H39FN4O4S/c1-21-14-29-35(43(21)34-24-17-30(34)42(19-24)37(44)47-38(2,3)4)28-16-23(11-9-13-40)31(32(39)33(28)41-36(29)48-6)27-18-25(46-20-45-5)15-22-10-7-8-12-26(22)27/h7-8,10,12,14-16,18,24,30,34H,9,11,17,19-20H2,1-6H3/t24-,30-,34+/m1/s1. The van der Waals surface area contributed by atoms with Gasteiger partial charge in [0, 0.05) is 48.0 Å². The number of hydrogen-bond donors (Lipinski definition) is 0. The summed E-state index contributed by atoms with van der Waals surface area (Å²) in [6, 6.07) is 18.1. The van der Waals surface area contributed by atoms with Gasteiger partial charge in [-0.05, 0) is 93.0 Å². The molecule has 2 aliphatic heterocycles. The molecule has 3 aliphatic rings. The van der Waals surface area contributed by atoms with E-state index in [1.165, 1.54) is 11.8 Å². The van der Waals surface area contributed by atoms with Crippen molar-refractivity contribution in [2.75, 3.05) is 26.7 Å². The van der Waals surface area contributed by atoms with Crippen LogP contribution in [0.4, 0.5) is 9.18 Å². The molecule has 1 saturated carbocycles. The third-order valence-corrected chi connectivity index (χ3v) is 10.3. The summed E-state index contributed by atoms with van der Waals surface area (Å²) < 4.78 is 36.5. The Bertz CT molecular complexity index is 2130. The molecule has 4 heterocycles. The quantitative estimate of drug-likeness (QED) is 0.121. The smallest absolute Gasteiger partial charge is 0.410 e. The van der Waals surface area contributed by atoms with Crippen molar-refractivity contribution < 1.29 is 23.4 Å². The summed E-state index contributed by atoms with van der Waals surface area (Å²) >= 11 is 1.49. The Labute approximate surface area is 283 Å². The normalized spacial score (nSPS) is 18.8. The Morgan fingerprint density at radius 3 is 2.67 bits per heavy atom. The Balaban J connectivity index is 1.46. The molecule has 8 nitrogen and oxygen atoms in total. The van der Waals surface area contributed by atoms with Crippen molar-refractivity contribution in [3.05, 3.63) is 65.6 Å². The van der Waals surface area contributed by atoms with Crippen molar-refractivity contribution in [2.24, 2.45) is 5.92 Å². The Hall–Kier alpha value is -4.33. The molecule has 0 spiro atoms. The lowest BCUT2D eigenvalue weighted by Crippen LogP contribution is -2.44. The van der Waals surface area contributed by atoms with Crippen LogP contribution in [0.3, 0.4) is 0 Å². The molecule has 2 saturated heterocycles. The van der Waals surface area contributed by atoms with Crippen LogP contribution in [-0.2, 0) is 15.9 Å². The van der Waals surface area contributed by atoms with E-state index in [4.69, 9.17) is 19.2 Å². The minimum Gasteiger partial charge on any atom is -0.468 e. The fourth-order valence-electron chi connectivity index (χ4n) is 7.66. The number of nitrogens with zero attached hydrogens (tertiary/aromatic N) is 4. The maximum Gasteiger partial charge on any atom is 0.410 e. The molecule has 248 valence electrons. The Kier molecular flexibility index (Phi) is 8.25. The first-order valence-corrected chi connectivity index (χ1v) is 17.5. The monoisotopic (exact) mass is 666 g/mol. The number of amides is 1. The van der Waals surface area contributed by atoms with Gasteiger partial charge < -0.3 is 23.7 Å². The maximum atomic E-state index is 17.4. The number of carbonyl (C=O) groups is 1. The first-order valence-electron chi connectivity index (χ1n) is 16.3. The summed E-state index contributed by atoms with van der Waals surface area (Å²) in [6.07, 6.45) is 3.17. The highest BCUT2D eigenvalue weighted by molar-refractivity contribution is 7.98. The molecular weight excluding hydrogens is 628 g/mol. The van der Waals surface area contributed by atoms with Crippen LogP contribution >= 0.6 is 11.8 Å². The number of thioether (sulfide) groups is 1. The van der Waals surface area contributed by atoms with Gasteiger partial charge in [-0.15, -0.1) is 11.8 Å². The molecule has 0 radical (unpaired) electrons. The number of pyridine rings is 1. The van der Waals surface area contributed by atoms with Gasteiger partial charge in [0.25, 0.3) is 0 Å². The summed E-state index contributed by atoms with van der Waals surface area (Å²) in [5.41, 5.74) is 3.48. The van der Waals surface area contributed by atoms with Gasteiger partial charge in [0.05, 0.1) is 23.7 Å². The van der Waals surface area contributed by atoms with Gasteiger partial charge in [0.15, 0.2) is 12.6 Å². The molecule has 1 amide bonds. The molecule has 0 N–H and O–H groups in total. The summed E-state index contributed by atoms with van der Waals surface area (Å²) in [6.45, 7) is 8.41. The zero-order valence-electron chi connectivity index (χ0n) is 28.1. The maximum absolute atomic E-state index is 17.4. The van der Waals surface area contributed by atoms with E-state index in [9.17, 15) is 10.1 Å². The highest BCUT2D eigenvalue weighted by Crippen LogP contribution is 2.53. The summed E-state index contributed by atoms with van der Waals surface area (Å²) in [5.74, 6) is 0.397. The molecule has 2 bridgehead atoms. The lowest BCUT2D eigenvalue weighted by atomic mass is 9.79. The predicted octanol–water partition coefficient (Wildman–Crippen LogP) is 8.80. The van der Waals surface area contributed by atoms with Gasteiger partial charge in [-0.25, -0.2) is 14.2 Å². The average molecular weight is 667 g/mol. The number of ether oxygens (including phenoxy) is 3. The Morgan fingerprint density at radius 2 is 1.94 bits per heavy atom. The van der Waals surface area contributed by atoms with E-state index in [-0.39, 0.29) is 42.8 Å². The van der Waals surface area contributed by atoms with Gasteiger partial charge in [-0.2, -0.15) is 5.26 Å². The van der Waals surface area contributed by atoms with Crippen LogP contribution in [0.15, 0.2) is 53.6 Å². The number of methoxy groups -OCH3 is 1. The van der Waals surface area contributed by atoms with Crippen LogP contribution in [0.1, 0.15) is 50.9 Å². The van der Waals surface area contributed by atoms with Crippen molar-refractivity contribution in [1.29, 1.82) is 5.26 Å². The number of rotatable bonds is 8. The molecule has 10 heteroatoms. The largest absolute Gasteiger partial charge is 0.468 e. The highest BCUT2D eigenvalue weighted by Gasteiger charge is 2.56.